The van der Waals surface area contributed by atoms with Crippen molar-refractivity contribution in [2.24, 2.45) is 0 Å². The average Bonchev–Trinajstić information content (AvgIpc) is 2.73. The van der Waals surface area contributed by atoms with Crippen molar-refractivity contribution in [2.45, 2.75) is 32.5 Å². The van der Waals surface area contributed by atoms with Gasteiger partial charge < -0.3 is 0 Å². The summed E-state index contributed by atoms with van der Waals surface area (Å²) < 4.78 is 0. The summed E-state index contributed by atoms with van der Waals surface area (Å²) in [6.07, 6.45) is 0. The molecule has 0 aliphatic carbocycles. The number of thiophene rings is 1. The molecular weight excluding hydrogens is 328 g/mol. The van der Waals surface area contributed by atoms with Gasteiger partial charge in [-0.2, -0.15) is 0 Å². The van der Waals surface area contributed by atoms with Gasteiger partial charge in [0.05, 0.1) is 9.85 Å². The number of rotatable bonds is 2. The summed E-state index contributed by atoms with van der Waals surface area (Å²) in [4.78, 5) is 1.37. The smallest absolute Gasteiger partial charge is 0.0758 e. The lowest BCUT2D eigenvalue weighted by Crippen LogP contribution is -2.02. The molecule has 0 saturated heterocycles. The van der Waals surface area contributed by atoms with Crippen LogP contribution < -0.4 is 0 Å². The summed E-state index contributed by atoms with van der Waals surface area (Å²) in [5.41, 5.74) is 6.74. The van der Waals surface area contributed by atoms with Gasteiger partial charge in [0.1, 0.15) is 0 Å². The Morgan fingerprint density at radius 3 is 2.11 bits per heavy atom. The maximum absolute atomic E-state index is 6.25. The van der Waals surface area contributed by atoms with E-state index in [1.165, 1.54) is 32.7 Å². The monoisotopic (exact) mass is 342 g/mol. The molecule has 0 aliphatic heterocycles. The van der Waals surface area contributed by atoms with E-state index < -0.39 is 0 Å². The molecule has 0 aliphatic rings. The molecule has 0 saturated carbocycles. The first-order valence-electron chi connectivity index (χ1n) is 5.87. The Hall–Kier alpha value is -0.310. The Morgan fingerprint density at radius 2 is 1.67 bits per heavy atom. The summed E-state index contributed by atoms with van der Waals surface area (Å²) in [6, 6.07) is 4.22. The summed E-state index contributed by atoms with van der Waals surface area (Å²) in [7, 11) is 0. The number of halogens is 2. The summed E-state index contributed by atoms with van der Waals surface area (Å²) in [5.74, 6) is 0. The molecule has 0 fully saturated rings. The summed E-state index contributed by atoms with van der Waals surface area (Å²) >= 11 is 11.8. The molecule has 1 unspecified atom stereocenters. The standard InChI is InChI=1S/C15H16BrClS/c1-8-7-9(2)11(4)13(10(8)3)14(16)15-12(17)5-6-18-15/h5-7,14H,1-4H3. The molecule has 1 heterocycles. The highest BCUT2D eigenvalue weighted by Crippen LogP contribution is 2.42. The largest absolute Gasteiger partial charge is 0.146 e. The molecule has 1 aromatic heterocycles. The first kappa shape index (κ1) is 14.1. The van der Waals surface area contributed by atoms with E-state index in [0.29, 0.717) is 0 Å². The van der Waals surface area contributed by atoms with E-state index in [4.69, 9.17) is 11.6 Å². The zero-order chi connectivity index (χ0) is 13.4. The van der Waals surface area contributed by atoms with Crippen molar-refractivity contribution in [3.63, 3.8) is 0 Å². The second-order valence-corrected chi connectivity index (χ2v) is 6.94. The van der Waals surface area contributed by atoms with Crippen molar-refractivity contribution in [2.75, 3.05) is 0 Å². The number of hydrogen-bond acceptors (Lipinski definition) is 1. The van der Waals surface area contributed by atoms with Crippen LogP contribution in [0.3, 0.4) is 0 Å². The molecule has 0 spiro atoms. The molecular formula is C15H16BrClS. The van der Waals surface area contributed by atoms with Crippen molar-refractivity contribution < 1.29 is 0 Å². The van der Waals surface area contributed by atoms with E-state index in [1.807, 2.05) is 11.4 Å². The van der Waals surface area contributed by atoms with Gasteiger partial charge in [-0.3, -0.25) is 0 Å². The third-order valence-electron chi connectivity index (χ3n) is 3.55. The molecule has 0 radical (unpaired) electrons. The minimum atomic E-state index is 0.184. The molecule has 0 amide bonds. The maximum atomic E-state index is 6.25. The molecule has 3 heteroatoms. The third-order valence-corrected chi connectivity index (χ3v) is 6.19. The number of alkyl halides is 1. The van der Waals surface area contributed by atoms with Crippen LogP contribution in [-0.4, -0.2) is 0 Å². The van der Waals surface area contributed by atoms with Crippen LogP contribution in [0.25, 0.3) is 0 Å². The van der Waals surface area contributed by atoms with Crippen LogP contribution >= 0.6 is 38.9 Å². The average molecular weight is 344 g/mol. The lowest BCUT2D eigenvalue weighted by atomic mass is 9.92. The van der Waals surface area contributed by atoms with Crippen molar-refractivity contribution in [1.29, 1.82) is 0 Å². The zero-order valence-corrected chi connectivity index (χ0v) is 14.1. The molecule has 2 rings (SSSR count). The Morgan fingerprint density at radius 1 is 1.11 bits per heavy atom. The van der Waals surface area contributed by atoms with Gasteiger partial charge in [-0.1, -0.05) is 33.6 Å². The number of aryl methyl sites for hydroxylation is 2. The fraction of sp³-hybridized carbons (Fsp3) is 0.333. The summed E-state index contributed by atoms with van der Waals surface area (Å²) in [5, 5.41) is 2.89. The van der Waals surface area contributed by atoms with Crippen LogP contribution in [-0.2, 0) is 0 Å². The second-order valence-electron chi connectivity index (χ2n) is 4.67. The molecule has 0 bridgehead atoms. The van der Waals surface area contributed by atoms with Crippen LogP contribution in [0.1, 0.15) is 37.5 Å². The van der Waals surface area contributed by atoms with Gasteiger partial charge in [0.15, 0.2) is 0 Å². The van der Waals surface area contributed by atoms with Gasteiger partial charge in [0.2, 0.25) is 0 Å². The predicted octanol–water partition coefficient (Wildman–Crippen LogP) is 6.12. The normalized spacial score (nSPS) is 12.8. The quantitative estimate of drug-likeness (QED) is 0.576. The zero-order valence-electron chi connectivity index (χ0n) is 11.0. The maximum Gasteiger partial charge on any atom is 0.0758 e. The number of hydrogen-bond donors (Lipinski definition) is 0. The molecule has 1 atom stereocenters. The number of benzene rings is 1. The Bertz CT molecular complexity index is 560. The second kappa shape index (κ2) is 5.36. The highest BCUT2D eigenvalue weighted by atomic mass is 79.9. The van der Waals surface area contributed by atoms with E-state index in [1.54, 1.807) is 11.3 Å². The highest BCUT2D eigenvalue weighted by molar-refractivity contribution is 9.09. The van der Waals surface area contributed by atoms with Crippen LogP contribution in [0.15, 0.2) is 17.5 Å². The van der Waals surface area contributed by atoms with Gasteiger partial charge in [0.25, 0.3) is 0 Å². The Balaban J connectivity index is 2.61. The predicted molar refractivity (Wildman–Crippen MR) is 85.5 cm³/mol. The molecule has 0 nitrogen and oxygen atoms in total. The van der Waals surface area contributed by atoms with Crippen molar-refractivity contribution >= 4 is 38.9 Å². The van der Waals surface area contributed by atoms with E-state index in [9.17, 15) is 0 Å². The van der Waals surface area contributed by atoms with Crippen LogP contribution in [0.5, 0.6) is 0 Å². The molecule has 2 aromatic rings. The van der Waals surface area contributed by atoms with Crippen LogP contribution in [0.2, 0.25) is 5.02 Å². The van der Waals surface area contributed by atoms with E-state index in [-0.39, 0.29) is 4.83 Å². The Labute approximate surface area is 126 Å². The fourth-order valence-corrected chi connectivity index (χ4v) is 4.78. The molecule has 18 heavy (non-hydrogen) atoms. The first-order valence-corrected chi connectivity index (χ1v) is 8.05. The van der Waals surface area contributed by atoms with E-state index in [0.717, 1.165) is 5.02 Å². The van der Waals surface area contributed by atoms with Gasteiger partial charge in [-0.05, 0) is 67.0 Å². The van der Waals surface area contributed by atoms with Crippen molar-refractivity contribution in [3.05, 3.63) is 55.2 Å². The van der Waals surface area contributed by atoms with Crippen molar-refractivity contribution in [3.8, 4) is 0 Å². The van der Waals surface area contributed by atoms with E-state index >= 15 is 0 Å². The summed E-state index contributed by atoms with van der Waals surface area (Å²) in [6.45, 7) is 8.71. The Kier molecular flexibility index (Phi) is 4.20. The minimum Gasteiger partial charge on any atom is -0.146 e. The SMILES string of the molecule is Cc1cc(C)c(C)c(C(Br)c2sccc2Cl)c1C. The van der Waals surface area contributed by atoms with Crippen molar-refractivity contribution in [1.82, 2.24) is 0 Å². The van der Waals surface area contributed by atoms with Crippen LogP contribution in [0.4, 0.5) is 0 Å². The lowest BCUT2D eigenvalue weighted by molar-refractivity contribution is 1.09. The van der Waals surface area contributed by atoms with Gasteiger partial charge in [-0.25, -0.2) is 0 Å². The third kappa shape index (κ3) is 2.38. The fourth-order valence-electron chi connectivity index (χ4n) is 2.24. The molecule has 96 valence electrons. The first-order chi connectivity index (χ1) is 8.43. The lowest BCUT2D eigenvalue weighted by Gasteiger charge is -2.19. The minimum absolute atomic E-state index is 0.184. The van der Waals surface area contributed by atoms with Gasteiger partial charge in [-0.15, -0.1) is 11.3 Å². The highest BCUT2D eigenvalue weighted by Gasteiger charge is 2.20. The molecule has 0 N–H and O–H groups in total. The van der Waals surface area contributed by atoms with Gasteiger partial charge >= 0.3 is 0 Å². The molecule has 1 aromatic carbocycles. The van der Waals surface area contributed by atoms with Gasteiger partial charge in [0, 0.05) is 4.88 Å². The van der Waals surface area contributed by atoms with Crippen LogP contribution in [0, 0.1) is 27.7 Å². The van der Waals surface area contributed by atoms with E-state index in [2.05, 4.69) is 49.7 Å². The topological polar surface area (TPSA) is 0 Å².